The lowest BCUT2D eigenvalue weighted by atomic mass is 10.2. The molecule has 142 valence electrons. The van der Waals surface area contributed by atoms with Gasteiger partial charge in [-0.3, -0.25) is 0 Å². The Bertz CT molecular complexity index is 1210. The van der Waals surface area contributed by atoms with Gasteiger partial charge in [0, 0.05) is 18.4 Å². The summed E-state index contributed by atoms with van der Waals surface area (Å²) in [4.78, 5) is 19.8. The predicted molar refractivity (Wildman–Crippen MR) is 103 cm³/mol. The molecule has 1 aliphatic rings. The number of aromatic nitrogens is 2. The van der Waals surface area contributed by atoms with Crippen molar-refractivity contribution in [3.05, 3.63) is 64.3 Å². The molecule has 0 atom stereocenters. The maximum Gasteiger partial charge on any atom is 0.362 e. The second-order valence-electron chi connectivity index (χ2n) is 6.64. The van der Waals surface area contributed by atoms with Gasteiger partial charge in [0.25, 0.3) is 0 Å². The Balaban J connectivity index is 1.21. The molecule has 1 N–H and O–H groups in total. The maximum absolute atomic E-state index is 12.1. The van der Waals surface area contributed by atoms with E-state index in [0.29, 0.717) is 36.3 Å². The summed E-state index contributed by atoms with van der Waals surface area (Å²) in [6.45, 7) is 1.36. The molecular weight excluding hydrogens is 360 g/mol. The van der Waals surface area contributed by atoms with E-state index in [2.05, 4.69) is 9.97 Å². The Morgan fingerprint density at radius 2 is 2.00 bits per heavy atom. The molecule has 0 saturated carbocycles. The number of aryl methyl sites for hydroxylation is 1. The molecule has 3 heterocycles. The smallest absolute Gasteiger partial charge is 0.362 e. The fourth-order valence-corrected chi connectivity index (χ4v) is 3.35. The van der Waals surface area contributed by atoms with Gasteiger partial charge in [0.15, 0.2) is 17.0 Å². The largest absolute Gasteiger partial charge is 0.454 e. The number of imidazole rings is 1. The van der Waals surface area contributed by atoms with Crippen LogP contribution in [0, 0.1) is 0 Å². The first-order chi connectivity index (χ1) is 13.8. The molecule has 0 fully saturated rings. The second kappa shape index (κ2) is 7.01. The van der Waals surface area contributed by atoms with Gasteiger partial charge in [0.1, 0.15) is 16.9 Å². The number of benzene rings is 2. The summed E-state index contributed by atoms with van der Waals surface area (Å²) in [5.41, 5.74) is 2.26. The number of ether oxygens (including phenoxy) is 3. The van der Waals surface area contributed by atoms with E-state index < -0.39 is 5.63 Å². The van der Waals surface area contributed by atoms with Crippen LogP contribution in [0.5, 0.6) is 11.5 Å². The SMILES string of the molecule is O=c1oc2ccccc2c2nc(CCCOCc3ccc4c(c3)OCO4)[nH]c12. The highest BCUT2D eigenvalue weighted by atomic mass is 16.7. The van der Waals surface area contributed by atoms with Crippen molar-refractivity contribution in [2.45, 2.75) is 19.4 Å². The van der Waals surface area contributed by atoms with E-state index in [1.165, 1.54) is 0 Å². The maximum atomic E-state index is 12.1. The Morgan fingerprint density at radius 3 is 2.96 bits per heavy atom. The predicted octanol–water partition coefficient (Wildman–Crippen LogP) is 3.55. The summed E-state index contributed by atoms with van der Waals surface area (Å²) in [6, 6.07) is 13.2. The van der Waals surface area contributed by atoms with Gasteiger partial charge >= 0.3 is 5.63 Å². The molecule has 2 aromatic carbocycles. The molecule has 0 unspecified atom stereocenters. The molecule has 2 aromatic heterocycles. The number of para-hydroxylation sites is 1. The molecule has 0 spiro atoms. The Kier molecular flexibility index (Phi) is 4.21. The van der Waals surface area contributed by atoms with Gasteiger partial charge in [-0.15, -0.1) is 0 Å². The quantitative estimate of drug-likeness (QED) is 0.408. The van der Waals surface area contributed by atoms with Crippen molar-refractivity contribution < 1.29 is 18.6 Å². The van der Waals surface area contributed by atoms with E-state index >= 15 is 0 Å². The zero-order valence-electron chi connectivity index (χ0n) is 15.1. The number of nitrogens with zero attached hydrogens (tertiary/aromatic N) is 1. The van der Waals surface area contributed by atoms with Crippen molar-refractivity contribution in [1.82, 2.24) is 9.97 Å². The Morgan fingerprint density at radius 1 is 1.11 bits per heavy atom. The highest BCUT2D eigenvalue weighted by molar-refractivity contribution is 6.00. The van der Waals surface area contributed by atoms with E-state index in [0.717, 1.165) is 34.7 Å². The molecule has 0 bridgehead atoms. The minimum absolute atomic E-state index is 0.269. The number of hydrogen-bond acceptors (Lipinski definition) is 6. The summed E-state index contributed by atoms with van der Waals surface area (Å²) in [5.74, 6) is 2.28. The van der Waals surface area contributed by atoms with Crippen LogP contribution in [0.25, 0.3) is 22.0 Å². The molecular formula is C21H18N2O5. The van der Waals surface area contributed by atoms with Gasteiger partial charge in [-0.1, -0.05) is 18.2 Å². The third kappa shape index (κ3) is 3.10. The molecule has 0 amide bonds. The summed E-state index contributed by atoms with van der Waals surface area (Å²) < 4.78 is 21.8. The van der Waals surface area contributed by atoms with Crippen LogP contribution < -0.4 is 15.1 Å². The van der Waals surface area contributed by atoms with Gasteiger partial charge < -0.3 is 23.6 Å². The molecule has 0 radical (unpaired) electrons. The third-order valence-electron chi connectivity index (χ3n) is 4.71. The van der Waals surface area contributed by atoms with E-state index in [1.807, 2.05) is 36.4 Å². The van der Waals surface area contributed by atoms with Crippen LogP contribution in [-0.4, -0.2) is 23.4 Å². The summed E-state index contributed by atoms with van der Waals surface area (Å²) in [5, 5.41) is 0.832. The van der Waals surface area contributed by atoms with Crippen LogP contribution >= 0.6 is 0 Å². The van der Waals surface area contributed by atoms with Crippen LogP contribution in [0.4, 0.5) is 0 Å². The average Bonchev–Trinajstić information content (AvgIpc) is 3.35. The lowest BCUT2D eigenvalue weighted by Crippen LogP contribution is -2.00. The lowest BCUT2D eigenvalue weighted by Gasteiger charge is -2.05. The van der Waals surface area contributed by atoms with Crippen LogP contribution in [0.1, 0.15) is 17.8 Å². The van der Waals surface area contributed by atoms with Crippen LogP contribution in [0.15, 0.2) is 51.7 Å². The van der Waals surface area contributed by atoms with Crippen molar-refractivity contribution in [1.29, 1.82) is 0 Å². The monoisotopic (exact) mass is 378 g/mol. The van der Waals surface area contributed by atoms with Gasteiger partial charge in [0.05, 0.1) is 6.61 Å². The molecule has 7 nitrogen and oxygen atoms in total. The Hall–Kier alpha value is -3.32. The number of fused-ring (bicyclic) bond motifs is 4. The van der Waals surface area contributed by atoms with Crippen molar-refractivity contribution in [3.63, 3.8) is 0 Å². The highest BCUT2D eigenvalue weighted by Gasteiger charge is 2.14. The number of aromatic amines is 1. The van der Waals surface area contributed by atoms with Crippen LogP contribution in [-0.2, 0) is 17.8 Å². The number of hydrogen-bond donors (Lipinski definition) is 1. The van der Waals surface area contributed by atoms with Crippen molar-refractivity contribution in [3.8, 4) is 11.5 Å². The fraction of sp³-hybridized carbons (Fsp3) is 0.238. The Labute approximate surface area is 159 Å². The molecule has 5 rings (SSSR count). The van der Waals surface area contributed by atoms with Gasteiger partial charge in [-0.05, 0) is 36.2 Å². The van der Waals surface area contributed by atoms with E-state index in [4.69, 9.17) is 18.6 Å². The first kappa shape index (κ1) is 16.8. The zero-order valence-corrected chi connectivity index (χ0v) is 15.1. The number of nitrogens with one attached hydrogen (secondary N) is 1. The number of rotatable bonds is 6. The van der Waals surface area contributed by atoms with E-state index in [1.54, 1.807) is 6.07 Å². The minimum Gasteiger partial charge on any atom is -0.454 e. The first-order valence-electron chi connectivity index (χ1n) is 9.15. The van der Waals surface area contributed by atoms with Gasteiger partial charge in [-0.25, -0.2) is 9.78 Å². The molecule has 28 heavy (non-hydrogen) atoms. The lowest BCUT2D eigenvalue weighted by molar-refractivity contribution is 0.118. The normalized spacial score (nSPS) is 12.9. The molecule has 0 aliphatic carbocycles. The average molecular weight is 378 g/mol. The van der Waals surface area contributed by atoms with Gasteiger partial charge in [0.2, 0.25) is 6.79 Å². The molecule has 7 heteroatoms. The summed E-state index contributed by atoms with van der Waals surface area (Å²) in [7, 11) is 0. The minimum atomic E-state index is -0.397. The fourth-order valence-electron chi connectivity index (χ4n) is 3.35. The summed E-state index contributed by atoms with van der Waals surface area (Å²) in [6.07, 6.45) is 1.47. The standard InChI is InChI=1S/C21H18N2O5/c24-21-20-19(14-4-1-2-5-15(14)28-21)22-18(23-20)6-3-9-25-11-13-7-8-16-17(10-13)27-12-26-16/h1-2,4-5,7-8,10H,3,6,9,11-12H2,(H,22,23). The van der Waals surface area contributed by atoms with Gasteiger partial charge in [-0.2, -0.15) is 0 Å². The van der Waals surface area contributed by atoms with Crippen molar-refractivity contribution in [2.75, 3.05) is 13.4 Å². The molecule has 1 aliphatic heterocycles. The second-order valence-corrected chi connectivity index (χ2v) is 6.64. The van der Waals surface area contributed by atoms with E-state index in [-0.39, 0.29) is 6.79 Å². The van der Waals surface area contributed by atoms with Crippen LogP contribution in [0.2, 0.25) is 0 Å². The van der Waals surface area contributed by atoms with E-state index in [9.17, 15) is 4.79 Å². The van der Waals surface area contributed by atoms with Crippen LogP contribution in [0.3, 0.4) is 0 Å². The zero-order chi connectivity index (χ0) is 18.9. The topological polar surface area (TPSA) is 86.6 Å². The van der Waals surface area contributed by atoms with Crippen molar-refractivity contribution >= 4 is 22.0 Å². The number of H-pyrrole nitrogens is 1. The molecule has 0 saturated heterocycles. The first-order valence-corrected chi connectivity index (χ1v) is 9.15. The third-order valence-corrected chi connectivity index (χ3v) is 4.71. The van der Waals surface area contributed by atoms with Crippen molar-refractivity contribution in [2.24, 2.45) is 0 Å². The molecule has 4 aromatic rings. The summed E-state index contributed by atoms with van der Waals surface area (Å²) >= 11 is 0. The highest BCUT2D eigenvalue weighted by Crippen LogP contribution is 2.32.